The zero-order valence-corrected chi connectivity index (χ0v) is 8.47. The number of aromatic hydroxyl groups is 1. The van der Waals surface area contributed by atoms with E-state index in [1.54, 1.807) is 18.2 Å². The van der Waals surface area contributed by atoms with E-state index in [4.69, 9.17) is 5.73 Å². The number of nitrogens with zero attached hydrogens (tertiary/aromatic N) is 1. The molecule has 1 aromatic heterocycles. The number of nitrogens with two attached hydrogens (primary N) is 1. The van der Waals surface area contributed by atoms with Crippen molar-refractivity contribution < 1.29 is 5.11 Å². The molecule has 16 heavy (non-hydrogen) atoms. The van der Waals surface area contributed by atoms with Crippen LogP contribution in [0.3, 0.4) is 0 Å². The lowest BCUT2D eigenvalue weighted by Gasteiger charge is -2.02. The lowest BCUT2D eigenvalue weighted by molar-refractivity contribution is 0.474. The molecule has 82 valence electrons. The molecule has 0 aliphatic rings. The van der Waals surface area contributed by atoms with Gasteiger partial charge >= 0.3 is 0 Å². The molecule has 0 spiro atoms. The summed E-state index contributed by atoms with van der Waals surface area (Å²) in [6, 6.07) is 8.38. The van der Waals surface area contributed by atoms with Gasteiger partial charge in [-0.1, -0.05) is 12.1 Å². The SMILES string of the molecule is Nc1cc(Cc2cccc(O)c2)n[nH]c1=O. The van der Waals surface area contributed by atoms with Crippen molar-refractivity contribution in [3.8, 4) is 5.75 Å². The molecule has 0 atom stereocenters. The topological polar surface area (TPSA) is 92.0 Å². The summed E-state index contributed by atoms with van der Waals surface area (Å²) in [7, 11) is 0. The van der Waals surface area contributed by atoms with E-state index in [0.29, 0.717) is 12.1 Å². The van der Waals surface area contributed by atoms with Crippen LogP contribution in [0, 0.1) is 0 Å². The van der Waals surface area contributed by atoms with Crippen LogP contribution in [0.25, 0.3) is 0 Å². The largest absolute Gasteiger partial charge is 0.508 e. The fourth-order valence-electron chi connectivity index (χ4n) is 1.43. The van der Waals surface area contributed by atoms with Crippen LogP contribution in [-0.2, 0) is 6.42 Å². The second kappa shape index (κ2) is 4.06. The van der Waals surface area contributed by atoms with Gasteiger partial charge in [0.2, 0.25) is 0 Å². The Hall–Kier alpha value is -2.30. The number of nitrogen functional groups attached to an aromatic ring is 1. The highest BCUT2D eigenvalue weighted by atomic mass is 16.3. The monoisotopic (exact) mass is 217 g/mol. The van der Waals surface area contributed by atoms with Crippen LogP contribution < -0.4 is 11.3 Å². The normalized spacial score (nSPS) is 10.2. The lowest BCUT2D eigenvalue weighted by Crippen LogP contribution is -2.14. The molecule has 1 heterocycles. The number of aromatic amines is 1. The van der Waals surface area contributed by atoms with E-state index in [2.05, 4.69) is 10.2 Å². The number of H-pyrrole nitrogens is 1. The molecule has 0 aliphatic heterocycles. The Kier molecular flexibility index (Phi) is 2.59. The van der Waals surface area contributed by atoms with E-state index >= 15 is 0 Å². The molecule has 0 aliphatic carbocycles. The first kappa shape index (κ1) is 10.2. The summed E-state index contributed by atoms with van der Waals surface area (Å²) < 4.78 is 0. The minimum atomic E-state index is -0.389. The zero-order valence-electron chi connectivity index (χ0n) is 8.47. The van der Waals surface area contributed by atoms with E-state index in [1.807, 2.05) is 6.07 Å². The lowest BCUT2D eigenvalue weighted by atomic mass is 10.1. The molecule has 0 fully saturated rings. The molecule has 5 heteroatoms. The molecule has 5 nitrogen and oxygen atoms in total. The van der Waals surface area contributed by atoms with Gasteiger partial charge < -0.3 is 10.8 Å². The van der Waals surface area contributed by atoms with Crippen molar-refractivity contribution in [3.05, 3.63) is 51.9 Å². The zero-order chi connectivity index (χ0) is 11.5. The van der Waals surface area contributed by atoms with Gasteiger partial charge in [0.25, 0.3) is 5.56 Å². The minimum Gasteiger partial charge on any atom is -0.508 e. The van der Waals surface area contributed by atoms with Crippen molar-refractivity contribution in [2.75, 3.05) is 5.73 Å². The van der Waals surface area contributed by atoms with Gasteiger partial charge in [-0.25, -0.2) is 5.10 Å². The molecule has 0 saturated carbocycles. The quantitative estimate of drug-likeness (QED) is 0.688. The third-order valence-corrected chi connectivity index (χ3v) is 2.18. The minimum absolute atomic E-state index is 0.144. The van der Waals surface area contributed by atoms with Gasteiger partial charge in [0, 0.05) is 6.42 Å². The Balaban J connectivity index is 2.27. The Labute approximate surface area is 91.6 Å². The third kappa shape index (κ3) is 2.20. The Bertz CT molecular complexity index is 563. The molecule has 0 saturated heterocycles. The third-order valence-electron chi connectivity index (χ3n) is 2.18. The van der Waals surface area contributed by atoms with Crippen molar-refractivity contribution in [3.63, 3.8) is 0 Å². The highest BCUT2D eigenvalue weighted by Crippen LogP contribution is 2.13. The van der Waals surface area contributed by atoms with Gasteiger partial charge in [0.05, 0.1) is 5.69 Å². The average Bonchev–Trinajstić information content (AvgIpc) is 2.24. The van der Waals surface area contributed by atoms with E-state index < -0.39 is 0 Å². The molecule has 0 bridgehead atoms. The summed E-state index contributed by atoms with van der Waals surface area (Å²) in [6.45, 7) is 0. The number of anilines is 1. The molecule has 1 aromatic carbocycles. The average molecular weight is 217 g/mol. The summed E-state index contributed by atoms with van der Waals surface area (Å²) in [4.78, 5) is 11.0. The van der Waals surface area contributed by atoms with E-state index in [-0.39, 0.29) is 17.0 Å². The van der Waals surface area contributed by atoms with Crippen LogP contribution in [0.4, 0.5) is 5.69 Å². The summed E-state index contributed by atoms with van der Waals surface area (Å²) in [5.74, 6) is 0.204. The fourth-order valence-corrected chi connectivity index (χ4v) is 1.43. The second-order valence-corrected chi connectivity index (χ2v) is 3.49. The predicted molar refractivity (Wildman–Crippen MR) is 60.2 cm³/mol. The number of aromatic nitrogens is 2. The van der Waals surface area contributed by atoms with Crippen molar-refractivity contribution in [1.82, 2.24) is 10.2 Å². The number of hydrogen-bond donors (Lipinski definition) is 3. The predicted octanol–water partition coefficient (Wildman–Crippen LogP) is 0.648. The smallest absolute Gasteiger partial charge is 0.287 e. The molecule has 0 amide bonds. The standard InChI is InChI=1S/C11H11N3O2/c12-10-6-8(13-14-11(10)16)4-7-2-1-3-9(15)5-7/h1-3,5-6,15H,4H2,(H2,12,13)(H,14,16). The highest BCUT2D eigenvalue weighted by Gasteiger charge is 2.01. The molecule has 2 aromatic rings. The maximum absolute atomic E-state index is 11.0. The number of hydrogen-bond acceptors (Lipinski definition) is 4. The van der Waals surface area contributed by atoms with E-state index in [0.717, 1.165) is 5.56 Å². The maximum Gasteiger partial charge on any atom is 0.287 e. The van der Waals surface area contributed by atoms with Crippen LogP contribution in [0.15, 0.2) is 35.1 Å². The van der Waals surface area contributed by atoms with Gasteiger partial charge in [0.1, 0.15) is 11.4 Å². The van der Waals surface area contributed by atoms with E-state index in [1.165, 1.54) is 6.07 Å². The van der Waals surface area contributed by atoms with Crippen molar-refractivity contribution in [2.24, 2.45) is 0 Å². The van der Waals surface area contributed by atoms with Crippen LogP contribution in [0.1, 0.15) is 11.3 Å². The molecule has 2 rings (SSSR count). The molecular weight excluding hydrogens is 206 g/mol. The number of rotatable bonds is 2. The summed E-state index contributed by atoms with van der Waals surface area (Å²) >= 11 is 0. The number of benzene rings is 1. The second-order valence-electron chi connectivity index (χ2n) is 3.49. The Morgan fingerprint density at radius 3 is 2.88 bits per heavy atom. The number of phenolic OH excluding ortho intramolecular Hbond substituents is 1. The number of phenols is 1. The van der Waals surface area contributed by atoms with Gasteiger partial charge in [-0.15, -0.1) is 0 Å². The van der Waals surface area contributed by atoms with Crippen molar-refractivity contribution in [1.29, 1.82) is 0 Å². The molecule has 4 N–H and O–H groups in total. The van der Waals surface area contributed by atoms with Crippen LogP contribution in [0.2, 0.25) is 0 Å². The van der Waals surface area contributed by atoms with Gasteiger partial charge in [-0.2, -0.15) is 5.10 Å². The molecule has 0 unspecified atom stereocenters. The summed E-state index contributed by atoms with van der Waals surface area (Å²) in [5, 5.41) is 15.5. The highest BCUT2D eigenvalue weighted by molar-refractivity contribution is 5.37. The van der Waals surface area contributed by atoms with E-state index in [9.17, 15) is 9.90 Å². The summed E-state index contributed by atoms with van der Waals surface area (Å²) in [6.07, 6.45) is 0.509. The van der Waals surface area contributed by atoms with Gasteiger partial charge in [-0.3, -0.25) is 4.79 Å². The van der Waals surface area contributed by atoms with Crippen molar-refractivity contribution in [2.45, 2.75) is 6.42 Å². The van der Waals surface area contributed by atoms with Gasteiger partial charge in [0.15, 0.2) is 0 Å². The van der Waals surface area contributed by atoms with Crippen LogP contribution in [-0.4, -0.2) is 15.3 Å². The first-order chi connectivity index (χ1) is 7.65. The molecular formula is C11H11N3O2. The van der Waals surface area contributed by atoms with Gasteiger partial charge in [-0.05, 0) is 23.8 Å². The Morgan fingerprint density at radius 2 is 2.19 bits per heavy atom. The van der Waals surface area contributed by atoms with Crippen LogP contribution in [0.5, 0.6) is 5.75 Å². The summed E-state index contributed by atoms with van der Waals surface area (Å²) in [5.41, 5.74) is 6.78. The fraction of sp³-hybridized carbons (Fsp3) is 0.0909. The number of nitrogens with one attached hydrogen (secondary N) is 1. The molecule has 0 radical (unpaired) electrons. The Morgan fingerprint density at radius 1 is 1.38 bits per heavy atom. The van der Waals surface area contributed by atoms with Crippen LogP contribution >= 0.6 is 0 Å². The maximum atomic E-state index is 11.0. The van der Waals surface area contributed by atoms with Crippen molar-refractivity contribution >= 4 is 5.69 Å². The first-order valence-electron chi connectivity index (χ1n) is 4.77. The first-order valence-corrected chi connectivity index (χ1v) is 4.77.